The summed E-state index contributed by atoms with van der Waals surface area (Å²) in [6.07, 6.45) is -0.275. The van der Waals surface area contributed by atoms with Crippen LogP contribution in [0.15, 0.2) is 40.2 Å². The Labute approximate surface area is 118 Å². The SMILES string of the molecule is CC(N)C(Oc1cccc(F)c1)c1ccc(Br)s1. The predicted molar refractivity (Wildman–Crippen MR) is 75.4 cm³/mol. The molecule has 0 spiro atoms. The first kappa shape index (κ1) is 13.5. The molecule has 1 aromatic heterocycles. The molecule has 2 nitrogen and oxygen atoms in total. The molecule has 0 aliphatic heterocycles. The van der Waals surface area contributed by atoms with Gasteiger partial charge in [0.2, 0.25) is 0 Å². The number of thiophene rings is 1. The van der Waals surface area contributed by atoms with E-state index in [-0.39, 0.29) is 18.0 Å². The first-order valence-electron chi connectivity index (χ1n) is 5.49. The van der Waals surface area contributed by atoms with E-state index < -0.39 is 0 Å². The number of rotatable bonds is 4. The third-order valence-electron chi connectivity index (χ3n) is 2.41. The Hall–Kier alpha value is -0.910. The van der Waals surface area contributed by atoms with E-state index in [9.17, 15) is 4.39 Å². The fraction of sp³-hybridized carbons (Fsp3) is 0.231. The summed E-state index contributed by atoms with van der Waals surface area (Å²) in [4.78, 5) is 1.01. The van der Waals surface area contributed by atoms with Crippen LogP contribution >= 0.6 is 27.3 Å². The molecule has 0 bridgehead atoms. The summed E-state index contributed by atoms with van der Waals surface area (Å²) in [5.41, 5.74) is 5.94. The summed E-state index contributed by atoms with van der Waals surface area (Å²) in [6, 6.07) is 9.81. The number of ether oxygens (including phenoxy) is 1. The highest BCUT2D eigenvalue weighted by molar-refractivity contribution is 9.11. The molecule has 18 heavy (non-hydrogen) atoms. The Balaban J connectivity index is 2.22. The lowest BCUT2D eigenvalue weighted by atomic mass is 10.1. The molecule has 1 heterocycles. The molecule has 5 heteroatoms. The minimum atomic E-state index is -0.316. The maximum absolute atomic E-state index is 13.1. The molecular weight excluding hydrogens is 317 g/mol. The lowest BCUT2D eigenvalue weighted by Crippen LogP contribution is -2.28. The van der Waals surface area contributed by atoms with Gasteiger partial charge in [0.05, 0.1) is 3.79 Å². The molecule has 2 atom stereocenters. The quantitative estimate of drug-likeness (QED) is 0.915. The molecule has 0 saturated carbocycles. The van der Waals surface area contributed by atoms with Crippen LogP contribution < -0.4 is 10.5 Å². The molecule has 2 unspecified atom stereocenters. The number of halogens is 2. The van der Waals surface area contributed by atoms with Crippen molar-refractivity contribution in [2.45, 2.75) is 19.1 Å². The highest BCUT2D eigenvalue weighted by Crippen LogP contribution is 2.32. The van der Waals surface area contributed by atoms with Gasteiger partial charge >= 0.3 is 0 Å². The lowest BCUT2D eigenvalue weighted by molar-refractivity contribution is 0.183. The summed E-state index contributed by atoms with van der Waals surface area (Å²) in [5.74, 6) is 0.171. The van der Waals surface area contributed by atoms with E-state index in [4.69, 9.17) is 10.5 Å². The van der Waals surface area contributed by atoms with Crippen molar-refractivity contribution in [3.63, 3.8) is 0 Å². The van der Waals surface area contributed by atoms with E-state index in [1.54, 1.807) is 23.5 Å². The van der Waals surface area contributed by atoms with Crippen LogP contribution in [0.25, 0.3) is 0 Å². The fourth-order valence-corrected chi connectivity index (χ4v) is 3.16. The van der Waals surface area contributed by atoms with Gasteiger partial charge in [0, 0.05) is 17.0 Å². The van der Waals surface area contributed by atoms with Gasteiger partial charge in [0.15, 0.2) is 0 Å². The van der Waals surface area contributed by atoms with Crippen molar-refractivity contribution in [2.75, 3.05) is 0 Å². The van der Waals surface area contributed by atoms with Crippen molar-refractivity contribution >= 4 is 27.3 Å². The topological polar surface area (TPSA) is 35.2 Å². The average Bonchev–Trinajstić information content (AvgIpc) is 2.72. The Bertz CT molecular complexity index is 529. The first-order chi connectivity index (χ1) is 8.56. The van der Waals surface area contributed by atoms with Gasteiger partial charge in [-0.1, -0.05) is 6.07 Å². The van der Waals surface area contributed by atoms with Crippen molar-refractivity contribution in [1.29, 1.82) is 0 Å². The van der Waals surface area contributed by atoms with E-state index >= 15 is 0 Å². The Morgan fingerprint density at radius 2 is 2.11 bits per heavy atom. The maximum atomic E-state index is 13.1. The molecule has 96 valence electrons. The predicted octanol–water partition coefficient (Wildman–Crippen LogP) is 4.12. The van der Waals surface area contributed by atoms with Gasteiger partial charge < -0.3 is 10.5 Å². The molecule has 0 saturated heterocycles. The van der Waals surface area contributed by atoms with Crippen LogP contribution in [0, 0.1) is 5.82 Å². The molecule has 0 fully saturated rings. The smallest absolute Gasteiger partial charge is 0.148 e. The minimum absolute atomic E-state index is 0.182. The first-order valence-corrected chi connectivity index (χ1v) is 7.10. The van der Waals surface area contributed by atoms with E-state index in [2.05, 4.69) is 15.9 Å². The van der Waals surface area contributed by atoms with E-state index in [0.29, 0.717) is 5.75 Å². The molecule has 0 aliphatic carbocycles. The van der Waals surface area contributed by atoms with Gasteiger partial charge in [-0.3, -0.25) is 0 Å². The zero-order valence-electron chi connectivity index (χ0n) is 9.77. The van der Waals surface area contributed by atoms with Crippen molar-refractivity contribution in [3.8, 4) is 5.75 Å². The van der Waals surface area contributed by atoms with Crippen molar-refractivity contribution in [2.24, 2.45) is 5.73 Å². The highest BCUT2D eigenvalue weighted by Gasteiger charge is 2.20. The van der Waals surface area contributed by atoms with Gasteiger partial charge in [-0.25, -0.2) is 4.39 Å². The third kappa shape index (κ3) is 3.31. The third-order valence-corrected chi connectivity index (χ3v) is 4.10. The summed E-state index contributed by atoms with van der Waals surface area (Å²) in [7, 11) is 0. The van der Waals surface area contributed by atoms with Crippen LogP contribution in [-0.2, 0) is 0 Å². The molecule has 0 amide bonds. The van der Waals surface area contributed by atoms with Crippen LogP contribution in [0.2, 0.25) is 0 Å². The summed E-state index contributed by atoms with van der Waals surface area (Å²) >= 11 is 4.97. The van der Waals surface area contributed by atoms with E-state index in [1.165, 1.54) is 12.1 Å². The van der Waals surface area contributed by atoms with E-state index in [1.807, 2.05) is 19.1 Å². The summed E-state index contributed by atoms with van der Waals surface area (Å²) in [6.45, 7) is 1.87. The van der Waals surface area contributed by atoms with Gasteiger partial charge in [0.1, 0.15) is 17.7 Å². The van der Waals surface area contributed by atoms with Crippen molar-refractivity contribution in [1.82, 2.24) is 0 Å². The number of hydrogen-bond acceptors (Lipinski definition) is 3. The summed E-state index contributed by atoms with van der Waals surface area (Å²) < 4.78 is 19.9. The monoisotopic (exact) mass is 329 g/mol. The van der Waals surface area contributed by atoms with Crippen molar-refractivity contribution < 1.29 is 9.13 Å². The highest BCUT2D eigenvalue weighted by atomic mass is 79.9. The molecule has 2 aromatic rings. The van der Waals surface area contributed by atoms with Crippen LogP contribution in [0.4, 0.5) is 4.39 Å². The number of hydrogen-bond donors (Lipinski definition) is 1. The van der Waals surface area contributed by atoms with Gasteiger partial charge in [0.25, 0.3) is 0 Å². The fourth-order valence-electron chi connectivity index (χ4n) is 1.59. The molecule has 2 rings (SSSR count). The van der Waals surface area contributed by atoms with Crippen LogP contribution in [-0.4, -0.2) is 6.04 Å². The standard InChI is InChI=1S/C13H13BrFNOS/c1-8(16)13(11-5-6-12(14)18-11)17-10-4-2-3-9(15)7-10/h2-8,13H,16H2,1H3. The van der Waals surface area contributed by atoms with Gasteiger partial charge in [-0.05, 0) is 47.1 Å². The average molecular weight is 330 g/mol. The zero-order valence-corrected chi connectivity index (χ0v) is 12.2. The van der Waals surface area contributed by atoms with Crippen molar-refractivity contribution in [3.05, 3.63) is 50.9 Å². The second-order valence-electron chi connectivity index (χ2n) is 4.00. The maximum Gasteiger partial charge on any atom is 0.148 e. The van der Waals surface area contributed by atoms with Crippen LogP contribution in [0.1, 0.15) is 17.9 Å². The van der Waals surface area contributed by atoms with Crippen LogP contribution in [0.5, 0.6) is 5.75 Å². The minimum Gasteiger partial charge on any atom is -0.483 e. The van der Waals surface area contributed by atoms with Crippen LogP contribution in [0.3, 0.4) is 0 Å². The van der Waals surface area contributed by atoms with Gasteiger partial charge in [-0.15, -0.1) is 11.3 Å². The normalized spacial score (nSPS) is 14.2. The molecule has 1 aromatic carbocycles. The summed E-state index contributed by atoms with van der Waals surface area (Å²) in [5, 5.41) is 0. The molecule has 2 N–H and O–H groups in total. The van der Waals surface area contributed by atoms with E-state index in [0.717, 1.165) is 8.66 Å². The Morgan fingerprint density at radius 1 is 1.33 bits per heavy atom. The zero-order chi connectivity index (χ0) is 13.1. The lowest BCUT2D eigenvalue weighted by Gasteiger charge is -2.21. The number of nitrogens with two attached hydrogens (primary N) is 1. The largest absolute Gasteiger partial charge is 0.483 e. The number of benzene rings is 1. The Morgan fingerprint density at radius 3 is 2.67 bits per heavy atom. The molecule has 0 radical (unpaired) electrons. The second kappa shape index (κ2) is 5.82. The second-order valence-corrected chi connectivity index (χ2v) is 6.49. The Kier molecular flexibility index (Phi) is 4.37. The molecular formula is C13H13BrFNOS. The van der Waals surface area contributed by atoms with Gasteiger partial charge in [-0.2, -0.15) is 0 Å². The molecule has 0 aliphatic rings.